The van der Waals surface area contributed by atoms with Crippen molar-refractivity contribution < 1.29 is 13.5 Å². The summed E-state index contributed by atoms with van der Waals surface area (Å²) in [5, 5.41) is 9.92. The van der Waals surface area contributed by atoms with Gasteiger partial charge in [0.25, 0.3) is 10.0 Å². The van der Waals surface area contributed by atoms with Crippen LogP contribution in [-0.4, -0.2) is 47.0 Å². The maximum atomic E-state index is 12.3. The van der Waals surface area contributed by atoms with Crippen LogP contribution in [0.1, 0.15) is 25.6 Å². The standard InChI is InChI=1S/C11H19N3O3S/c1-3-9-7-14(5-4-10(9)15)18(16,17)11-6-12-8(2)13-11/h6,9-10,15H,3-5,7H2,1-2H3,(H,12,13). The van der Waals surface area contributed by atoms with E-state index < -0.39 is 16.1 Å². The predicted molar refractivity (Wildman–Crippen MR) is 66.5 cm³/mol. The number of aliphatic hydroxyl groups excluding tert-OH is 1. The largest absolute Gasteiger partial charge is 0.393 e. The van der Waals surface area contributed by atoms with Gasteiger partial charge in [-0.1, -0.05) is 6.92 Å². The highest BCUT2D eigenvalue weighted by Crippen LogP contribution is 2.24. The molecule has 0 bridgehead atoms. The van der Waals surface area contributed by atoms with Crippen LogP contribution in [0, 0.1) is 12.8 Å². The Labute approximate surface area is 107 Å². The molecule has 0 spiro atoms. The lowest BCUT2D eigenvalue weighted by atomic mass is 9.94. The average molecular weight is 273 g/mol. The molecule has 102 valence electrons. The molecule has 0 amide bonds. The SMILES string of the molecule is CCC1CN(S(=O)(=O)c2cnc(C)[nH]2)CCC1O. The monoisotopic (exact) mass is 273 g/mol. The number of rotatable bonds is 3. The van der Waals surface area contributed by atoms with Crippen molar-refractivity contribution in [3.05, 3.63) is 12.0 Å². The molecule has 0 saturated carbocycles. The molecule has 2 rings (SSSR count). The molecule has 1 fully saturated rings. The second-order valence-electron chi connectivity index (χ2n) is 4.72. The van der Waals surface area contributed by atoms with Gasteiger partial charge in [-0.2, -0.15) is 4.31 Å². The Morgan fingerprint density at radius 2 is 2.33 bits per heavy atom. The van der Waals surface area contributed by atoms with Crippen LogP contribution in [0.3, 0.4) is 0 Å². The second kappa shape index (κ2) is 4.99. The van der Waals surface area contributed by atoms with Gasteiger partial charge in [0.1, 0.15) is 5.82 Å². The molecule has 0 aromatic carbocycles. The van der Waals surface area contributed by atoms with E-state index in [4.69, 9.17) is 0 Å². The van der Waals surface area contributed by atoms with Crippen molar-refractivity contribution in [1.29, 1.82) is 0 Å². The van der Waals surface area contributed by atoms with E-state index in [1.54, 1.807) is 6.92 Å². The predicted octanol–water partition coefficient (Wildman–Crippen LogP) is 0.500. The Hall–Kier alpha value is -0.920. The summed E-state index contributed by atoms with van der Waals surface area (Å²) < 4.78 is 26.1. The first-order valence-electron chi connectivity index (χ1n) is 6.15. The molecule has 6 nitrogen and oxygen atoms in total. The molecule has 2 heterocycles. The van der Waals surface area contributed by atoms with Gasteiger partial charge in [0.15, 0.2) is 5.03 Å². The molecule has 2 unspecified atom stereocenters. The van der Waals surface area contributed by atoms with E-state index in [0.29, 0.717) is 25.3 Å². The van der Waals surface area contributed by atoms with Gasteiger partial charge in [0.2, 0.25) is 0 Å². The summed E-state index contributed by atoms with van der Waals surface area (Å²) in [5.41, 5.74) is 0. The van der Waals surface area contributed by atoms with Gasteiger partial charge < -0.3 is 10.1 Å². The van der Waals surface area contributed by atoms with Crippen LogP contribution in [0.2, 0.25) is 0 Å². The second-order valence-corrected chi connectivity index (χ2v) is 6.63. The van der Waals surface area contributed by atoms with E-state index in [9.17, 15) is 13.5 Å². The molecule has 18 heavy (non-hydrogen) atoms. The Balaban J connectivity index is 2.21. The number of nitrogens with zero attached hydrogens (tertiary/aromatic N) is 2. The normalized spacial score (nSPS) is 26.4. The minimum absolute atomic E-state index is 0.0116. The minimum Gasteiger partial charge on any atom is -0.393 e. The summed E-state index contributed by atoms with van der Waals surface area (Å²) in [7, 11) is -3.50. The summed E-state index contributed by atoms with van der Waals surface area (Å²) in [6, 6.07) is 0. The van der Waals surface area contributed by atoms with E-state index in [2.05, 4.69) is 9.97 Å². The number of H-pyrrole nitrogens is 1. The van der Waals surface area contributed by atoms with E-state index in [1.807, 2.05) is 6.92 Å². The molecule has 1 aromatic rings. The zero-order valence-corrected chi connectivity index (χ0v) is 11.4. The lowest BCUT2D eigenvalue weighted by Crippen LogP contribution is -2.45. The third-order valence-electron chi connectivity index (χ3n) is 3.48. The summed E-state index contributed by atoms with van der Waals surface area (Å²) in [6.45, 7) is 4.41. The van der Waals surface area contributed by atoms with E-state index >= 15 is 0 Å². The lowest BCUT2D eigenvalue weighted by molar-refractivity contribution is 0.0520. The fourth-order valence-corrected chi connectivity index (χ4v) is 3.75. The summed E-state index contributed by atoms with van der Waals surface area (Å²) >= 11 is 0. The molecule has 1 saturated heterocycles. The highest BCUT2D eigenvalue weighted by molar-refractivity contribution is 7.89. The number of nitrogens with one attached hydrogen (secondary N) is 1. The number of piperidine rings is 1. The van der Waals surface area contributed by atoms with Gasteiger partial charge in [-0.3, -0.25) is 0 Å². The first-order chi connectivity index (χ1) is 8.45. The number of hydrogen-bond donors (Lipinski definition) is 2. The minimum atomic E-state index is -3.50. The maximum Gasteiger partial charge on any atom is 0.260 e. The topological polar surface area (TPSA) is 86.3 Å². The van der Waals surface area contributed by atoms with Gasteiger partial charge in [0, 0.05) is 13.1 Å². The Morgan fingerprint density at radius 3 is 2.89 bits per heavy atom. The van der Waals surface area contributed by atoms with Crippen molar-refractivity contribution in [1.82, 2.24) is 14.3 Å². The number of sulfonamides is 1. The number of imidazole rings is 1. The highest BCUT2D eigenvalue weighted by atomic mass is 32.2. The van der Waals surface area contributed by atoms with E-state index in [0.717, 1.165) is 6.42 Å². The Kier molecular flexibility index (Phi) is 3.74. The molecular weight excluding hydrogens is 254 g/mol. The van der Waals surface area contributed by atoms with Crippen molar-refractivity contribution >= 4 is 10.0 Å². The quantitative estimate of drug-likeness (QED) is 0.839. The van der Waals surface area contributed by atoms with Crippen LogP contribution in [-0.2, 0) is 10.0 Å². The molecule has 1 aliphatic rings. The molecule has 2 N–H and O–H groups in total. The lowest BCUT2D eigenvalue weighted by Gasteiger charge is -2.34. The molecule has 7 heteroatoms. The highest BCUT2D eigenvalue weighted by Gasteiger charge is 2.34. The fraction of sp³-hybridized carbons (Fsp3) is 0.727. The maximum absolute atomic E-state index is 12.3. The van der Waals surface area contributed by atoms with E-state index in [1.165, 1.54) is 10.5 Å². The first-order valence-corrected chi connectivity index (χ1v) is 7.59. The third-order valence-corrected chi connectivity index (χ3v) is 5.25. The summed E-state index contributed by atoms with van der Waals surface area (Å²) in [5.74, 6) is 0.593. The third kappa shape index (κ3) is 2.43. The Morgan fingerprint density at radius 1 is 1.61 bits per heavy atom. The number of aryl methyl sites for hydroxylation is 1. The number of aromatic nitrogens is 2. The van der Waals surface area contributed by atoms with Crippen LogP contribution in [0.4, 0.5) is 0 Å². The zero-order valence-electron chi connectivity index (χ0n) is 10.6. The fourth-order valence-electron chi connectivity index (χ4n) is 2.27. The van der Waals surface area contributed by atoms with Gasteiger partial charge in [-0.15, -0.1) is 0 Å². The van der Waals surface area contributed by atoms with Crippen LogP contribution < -0.4 is 0 Å². The van der Waals surface area contributed by atoms with Crippen LogP contribution in [0.5, 0.6) is 0 Å². The number of aromatic amines is 1. The molecular formula is C11H19N3O3S. The molecule has 0 radical (unpaired) electrons. The van der Waals surface area contributed by atoms with Crippen molar-refractivity contribution in [2.75, 3.05) is 13.1 Å². The number of aliphatic hydroxyl groups is 1. The van der Waals surface area contributed by atoms with Crippen molar-refractivity contribution in [2.45, 2.75) is 37.8 Å². The Bertz CT molecular complexity index is 511. The van der Waals surface area contributed by atoms with Crippen molar-refractivity contribution in [2.24, 2.45) is 5.92 Å². The zero-order chi connectivity index (χ0) is 13.3. The van der Waals surface area contributed by atoms with Gasteiger partial charge in [-0.05, 0) is 25.7 Å². The molecule has 1 aliphatic heterocycles. The van der Waals surface area contributed by atoms with Gasteiger partial charge in [-0.25, -0.2) is 13.4 Å². The van der Waals surface area contributed by atoms with Crippen molar-refractivity contribution in [3.8, 4) is 0 Å². The molecule has 0 aliphatic carbocycles. The van der Waals surface area contributed by atoms with E-state index in [-0.39, 0.29) is 10.9 Å². The van der Waals surface area contributed by atoms with Crippen LogP contribution in [0.15, 0.2) is 11.2 Å². The number of hydrogen-bond acceptors (Lipinski definition) is 4. The van der Waals surface area contributed by atoms with Gasteiger partial charge in [0.05, 0.1) is 12.3 Å². The van der Waals surface area contributed by atoms with Crippen LogP contribution >= 0.6 is 0 Å². The van der Waals surface area contributed by atoms with Crippen molar-refractivity contribution in [3.63, 3.8) is 0 Å². The first kappa shape index (κ1) is 13.5. The smallest absolute Gasteiger partial charge is 0.260 e. The van der Waals surface area contributed by atoms with Crippen LogP contribution in [0.25, 0.3) is 0 Å². The molecule has 2 atom stereocenters. The van der Waals surface area contributed by atoms with Gasteiger partial charge >= 0.3 is 0 Å². The summed E-state index contributed by atoms with van der Waals surface area (Å²) in [4.78, 5) is 6.68. The molecule has 1 aromatic heterocycles. The average Bonchev–Trinajstić information content (AvgIpc) is 2.77. The summed E-state index contributed by atoms with van der Waals surface area (Å²) in [6.07, 6.45) is 2.21.